The quantitative estimate of drug-likeness (QED) is 0.834. The van der Waals surface area contributed by atoms with E-state index in [0.717, 1.165) is 11.5 Å². The van der Waals surface area contributed by atoms with E-state index in [1.165, 1.54) is 0 Å². The lowest BCUT2D eigenvalue weighted by Gasteiger charge is -2.06. The van der Waals surface area contributed by atoms with Gasteiger partial charge in [0.1, 0.15) is 10.6 Å². The molecule has 2 rings (SSSR count). The number of hydrogen-bond donors (Lipinski definition) is 2. The molecule has 0 aliphatic heterocycles. The second-order valence-electron chi connectivity index (χ2n) is 3.86. The van der Waals surface area contributed by atoms with Crippen molar-refractivity contribution in [2.45, 2.75) is 20.3 Å². The normalized spacial score (nSPS) is 10.3. The Morgan fingerprint density at radius 1 is 1.50 bits per heavy atom. The second kappa shape index (κ2) is 5.14. The molecule has 0 atom stereocenters. The fourth-order valence-electron chi connectivity index (χ4n) is 1.53. The van der Waals surface area contributed by atoms with Gasteiger partial charge >= 0.3 is 0 Å². The van der Waals surface area contributed by atoms with Crippen molar-refractivity contribution in [2.24, 2.45) is 0 Å². The van der Waals surface area contributed by atoms with Gasteiger partial charge in [-0.1, -0.05) is 11.4 Å². The third-order valence-electron chi connectivity index (χ3n) is 2.55. The molecule has 18 heavy (non-hydrogen) atoms. The summed E-state index contributed by atoms with van der Waals surface area (Å²) in [5, 5.41) is 16.1. The number of nitrogens with zero attached hydrogens (tertiary/aromatic N) is 2. The van der Waals surface area contributed by atoms with Crippen molar-refractivity contribution in [1.29, 1.82) is 0 Å². The molecule has 0 aliphatic carbocycles. The first kappa shape index (κ1) is 12.5. The lowest BCUT2D eigenvalue weighted by molar-refractivity contribution is 0.102. The summed E-state index contributed by atoms with van der Waals surface area (Å²) in [5.41, 5.74) is 2.06. The molecule has 0 fully saturated rings. The van der Waals surface area contributed by atoms with Gasteiger partial charge < -0.3 is 10.4 Å². The Morgan fingerprint density at radius 3 is 2.94 bits per heavy atom. The summed E-state index contributed by atoms with van der Waals surface area (Å²) in [6.45, 7) is 3.70. The average Bonchev–Trinajstić information content (AvgIpc) is 2.82. The molecule has 0 bridgehead atoms. The molecule has 1 amide bonds. The Labute approximate surface area is 109 Å². The number of carbonyl (C=O) groups excluding carboxylic acids is 1. The maximum Gasteiger partial charge on any atom is 0.269 e. The van der Waals surface area contributed by atoms with Crippen molar-refractivity contribution in [2.75, 3.05) is 5.32 Å². The number of benzene rings is 1. The summed E-state index contributed by atoms with van der Waals surface area (Å²) in [6, 6.07) is 4.92. The number of hydrogen-bond acceptors (Lipinski definition) is 5. The summed E-state index contributed by atoms with van der Waals surface area (Å²) in [4.78, 5) is 12.5. The standard InChI is InChI=1S/C12H13N3O2S/c1-3-9-11(18-15-14-9)12(17)13-8-4-5-10(16)7(2)6-8/h4-6,16H,3H2,1-2H3,(H,13,17). The predicted octanol–water partition coefficient (Wildman–Crippen LogP) is 2.37. The zero-order chi connectivity index (χ0) is 13.1. The summed E-state index contributed by atoms with van der Waals surface area (Å²) in [7, 11) is 0. The van der Waals surface area contributed by atoms with E-state index in [2.05, 4.69) is 14.9 Å². The average molecular weight is 263 g/mol. The minimum Gasteiger partial charge on any atom is -0.508 e. The predicted molar refractivity (Wildman–Crippen MR) is 70.1 cm³/mol. The third-order valence-corrected chi connectivity index (χ3v) is 3.32. The van der Waals surface area contributed by atoms with E-state index in [9.17, 15) is 9.90 Å². The second-order valence-corrected chi connectivity index (χ2v) is 4.61. The lowest BCUT2D eigenvalue weighted by Crippen LogP contribution is -2.12. The van der Waals surface area contributed by atoms with Crippen LogP contribution in [0.25, 0.3) is 0 Å². The van der Waals surface area contributed by atoms with E-state index in [4.69, 9.17) is 0 Å². The third kappa shape index (κ3) is 2.48. The molecule has 2 aromatic rings. The number of amides is 1. The number of phenolic OH excluding ortho intramolecular Hbond substituents is 1. The van der Waals surface area contributed by atoms with Gasteiger partial charge in [-0.25, -0.2) is 0 Å². The van der Waals surface area contributed by atoms with Crippen LogP contribution < -0.4 is 5.32 Å². The van der Waals surface area contributed by atoms with Crippen molar-refractivity contribution in [1.82, 2.24) is 9.59 Å². The summed E-state index contributed by atoms with van der Waals surface area (Å²) < 4.78 is 3.78. The molecule has 1 aromatic heterocycles. The van der Waals surface area contributed by atoms with Crippen LogP contribution in [0, 0.1) is 6.92 Å². The smallest absolute Gasteiger partial charge is 0.269 e. The van der Waals surface area contributed by atoms with E-state index < -0.39 is 0 Å². The molecular formula is C12H13N3O2S. The van der Waals surface area contributed by atoms with Crippen molar-refractivity contribution in [3.63, 3.8) is 0 Å². The van der Waals surface area contributed by atoms with Gasteiger partial charge in [-0.3, -0.25) is 4.79 Å². The van der Waals surface area contributed by atoms with Gasteiger partial charge in [0.15, 0.2) is 0 Å². The zero-order valence-electron chi connectivity index (χ0n) is 10.1. The Kier molecular flexibility index (Phi) is 3.57. The highest BCUT2D eigenvalue weighted by molar-refractivity contribution is 7.08. The van der Waals surface area contributed by atoms with Gasteiger partial charge in [-0.2, -0.15) is 0 Å². The SMILES string of the molecule is CCc1nnsc1C(=O)Nc1ccc(O)c(C)c1. The highest BCUT2D eigenvalue weighted by Gasteiger charge is 2.15. The summed E-state index contributed by atoms with van der Waals surface area (Å²) in [6.07, 6.45) is 0.674. The molecule has 0 unspecified atom stereocenters. The molecule has 0 radical (unpaired) electrons. The number of aromatic hydroxyl groups is 1. The van der Waals surface area contributed by atoms with E-state index in [1.54, 1.807) is 25.1 Å². The molecule has 0 saturated heterocycles. The van der Waals surface area contributed by atoms with E-state index >= 15 is 0 Å². The molecular weight excluding hydrogens is 250 g/mol. The molecule has 2 N–H and O–H groups in total. The number of anilines is 1. The number of phenols is 1. The van der Waals surface area contributed by atoms with Crippen LogP contribution in [0.15, 0.2) is 18.2 Å². The van der Waals surface area contributed by atoms with Gasteiger partial charge in [-0.15, -0.1) is 5.10 Å². The van der Waals surface area contributed by atoms with Crippen LogP contribution in [0.4, 0.5) is 5.69 Å². The maximum atomic E-state index is 12.0. The highest BCUT2D eigenvalue weighted by Crippen LogP contribution is 2.21. The Hall–Kier alpha value is -1.95. The van der Waals surface area contributed by atoms with Crippen LogP contribution in [0.2, 0.25) is 0 Å². The highest BCUT2D eigenvalue weighted by atomic mass is 32.1. The minimum atomic E-state index is -0.216. The number of nitrogens with one attached hydrogen (secondary N) is 1. The molecule has 0 saturated carbocycles. The number of aromatic nitrogens is 2. The number of aryl methyl sites for hydroxylation is 2. The molecule has 0 aliphatic rings. The van der Waals surface area contributed by atoms with Crippen LogP contribution in [-0.4, -0.2) is 20.6 Å². The van der Waals surface area contributed by atoms with E-state index in [1.807, 2.05) is 6.92 Å². The van der Waals surface area contributed by atoms with Crippen LogP contribution in [-0.2, 0) is 6.42 Å². The summed E-state index contributed by atoms with van der Waals surface area (Å²) in [5.74, 6) is -0.00589. The van der Waals surface area contributed by atoms with Gasteiger partial charge in [0.05, 0.1) is 5.69 Å². The molecule has 6 heteroatoms. The van der Waals surface area contributed by atoms with Gasteiger partial charge in [-0.05, 0) is 48.6 Å². The van der Waals surface area contributed by atoms with Gasteiger partial charge in [0, 0.05) is 5.69 Å². The number of rotatable bonds is 3. The van der Waals surface area contributed by atoms with E-state index in [0.29, 0.717) is 28.2 Å². The lowest BCUT2D eigenvalue weighted by atomic mass is 10.2. The molecule has 1 aromatic carbocycles. The van der Waals surface area contributed by atoms with E-state index in [-0.39, 0.29) is 11.7 Å². The van der Waals surface area contributed by atoms with Crippen molar-refractivity contribution < 1.29 is 9.90 Å². The molecule has 5 nitrogen and oxygen atoms in total. The fourth-order valence-corrected chi connectivity index (χ4v) is 2.18. The molecule has 1 heterocycles. The Bertz CT molecular complexity index is 580. The van der Waals surface area contributed by atoms with Crippen LogP contribution in [0.5, 0.6) is 5.75 Å². The van der Waals surface area contributed by atoms with Crippen molar-refractivity contribution >= 4 is 23.1 Å². The monoisotopic (exact) mass is 263 g/mol. The Balaban J connectivity index is 2.19. The molecule has 94 valence electrons. The first-order chi connectivity index (χ1) is 8.61. The first-order valence-electron chi connectivity index (χ1n) is 5.54. The minimum absolute atomic E-state index is 0.210. The first-order valence-corrected chi connectivity index (χ1v) is 6.31. The van der Waals surface area contributed by atoms with Crippen LogP contribution >= 0.6 is 11.5 Å². The van der Waals surface area contributed by atoms with Crippen molar-refractivity contribution in [3.8, 4) is 5.75 Å². The zero-order valence-corrected chi connectivity index (χ0v) is 10.9. The largest absolute Gasteiger partial charge is 0.508 e. The van der Waals surface area contributed by atoms with Gasteiger partial charge in [0.25, 0.3) is 5.91 Å². The summed E-state index contributed by atoms with van der Waals surface area (Å²) >= 11 is 1.09. The number of carbonyl (C=O) groups is 1. The van der Waals surface area contributed by atoms with Crippen LogP contribution in [0.1, 0.15) is 27.9 Å². The fraction of sp³-hybridized carbons (Fsp3) is 0.250. The molecule has 0 spiro atoms. The van der Waals surface area contributed by atoms with Gasteiger partial charge in [0.2, 0.25) is 0 Å². The Morgan fingerprint density at radius 2 is 2.28 bits per heavy atom. The van der Waals surface area contributed by atoms with Crippen LogP contribution in [0.3, 0.4) is 0 Å². The van der Waals surface area contributed by atoms with Crippen molar-refractivity contribution in [3.05, 3.63) is 34.3 Å². The topological polar surface area (TPSA) is 75.1 Å². The maximum absolute atomic E-state index is 12.0.